The van der Waals surface area contributed by atoms with Crippen LogP contribution in [0.3, 0.4) is 0 Å². The highest BCUT2D eigenvalue weighted by Gasteiger charge is 2.26. The van der Waals surface area contributed by atoms with Crippen LogP contribution in [0.25, 0.3) is 0 Å². The third-order valence-electron chi connectivity index (χ3n) is 4.02. The molecular formula is C16H22ClN3O2. The summed E-state index contributed by atoms with van der Waals surface area (Å²) in [7, 11) is 0. The summed E-state index contributed by atoms with van der Waals surface area (Å²) in [6.45, 7) is 1.54. The Kier molecular flexibility index (Phi) is 6.36. The Morgan fingerprint density at radius 2 is 1.86 bits per heavy atom. The maximum atomic E-state index is 6.24. The highest BCUT2D eigenvalue weighted by Crippen LogP contribution is 2.27. The van der Waals surface area contributed by atoms with Gasteiger partial charge in [-0.15, -0.1) is 12.4 Å². The number of ether oxygens (including phenoxy) is 1. The minimum atomic E-state index is -0.174. The van der Waals surface area contributed by atoms with Crippen molar-refractivity contribution in [2.24, 2.45) is 11.7 Å². The molecule has 1 aliphatic heterocycles. The molecule has 0 amide bonds. The Morgan fingerprint density at radius 1 is 1.14 bits per heavy atom. The van der Waals surface area contributed by atoms with Gasteiger partial charge in [-0.1, -0.05) is 35.5 Å². The standard InChI is InChI=1S/C16H21N3O2.ClH/c17-15(13-8-10-20-11-9-13)16-18-14(19-21-16)7-6-12-4-2-1-3-5-12;/h1-5,13,15H,6-11,17H2;1H. The van der Waals surface area contributed by atoms with E-state index < -0.39 is 0 Å². The molecule has 0 aliphatic carbocycles. The zero-order valence-corrected chi connectivity index (χ0v) is 13.3. The first kappa shape index (κ1) is 16.9. The van der Waals surface area contributed by atoms with Crippen molar-refractivity contribution >= 4 is 12.4 Å². The number of hydrogen-bond donors (Lipinski definition) is 1. The van der Waals surface area contributed by atoms with Gasteiger partial charge in [0, 0.05) is 19.6 Å². The first-order valence-corrected chi connectivity index (χ1v) is 7.52. The highest BCUT2D eigenvalue weighted by molar-refractivity contribution is 5.85. The summed E-state index contributed by atoms with van der Waals surface area (Å²) in [5, 5.41) is 4.05. The van der Waals surface area contributed by atoms with Gasteiger partial charge in [0.2, 0.25) is 5.89 Å². The fraction of sp³-hybridized carbons (Fsp3) is 0.500. The van der Waals surface area contributed by atoms with E-state index in [0.29, 0.717) is 11.8 Å². The van der Waals surface area contributed by atoms with Crippen molar-refractivity contribution in [3.63, 3.8) is 0 Å². The molecule has 0 bridgehead atoms. The largest absolute Gasteiger partial charge is 0.381 e. The second-order valence-corrected chi connectivity index (χ2v) is 5.51. The Morgan fingerprint density at radius 3 is 2.59 bits per heavy atom. The van der Waals surface area contributed by atoms with Gasteiger partial charge >= 0.3 is 0 Å². The number of rotatable bonds is 5. The number of halogens is 1. The summed E-state index contributed by atoms with van der Waals surface area (Å²) in [6, 6.07) is 10.1. The summed E-state index contributed by atoms with van der Waals surface area (Å²) in [6.07, 6.45) is 3.60. The smallest absolute Gasteiger partial charge is 0.243 e. The van der Waals surface area contributed by atoms with E-state index >= 15 is 0 Å². The number of nitrogens with two attached hydrogens (primary N) is 1. The van der Waals surface area contributed by atoms with E-state index in [9.17, 15) is 0 Å². The topological polar surface area (TPSA) is 74.2 Å². The SMILES string of the molecule is Cl.NC(c1nc(CCc2ccccc2)no1)C1CCOCC1. The van der Waals surface area contributed by atoms with Gasteiger partial charge in [0.25, 0.3) is 0 Å². The number of nitrogens with zero attached hydrogens (tertiary/aromatic N) is 2. The van der Waals surface area contributed by atoms with E-state index in [1.807, 2.05) is 18.2 Å². The van der Waals surface area contributed by atoms with Gasteiger partial charge < -0.3 is 15.0 Å². The van der Waals surface area contributed by atoms with Gasteiger partial charge in [0.15, 0.2) is 5.82 Å². The number of benzene rings is 1. The normalized spacial score (nSPS) is 17.0. The summed E-state index contributed by atoms with van der Waals surface area (Å²) in [4.78, 5) is 4.46. The second-order valence-electron chi connectivity index (χ2n) is 5.51. The Hall–Kier alpha value is -1.43. The third kappa shape index (κ3) is 4.29. The molecule has 0 spiro atoms. The number of aryl methyl sites for hydroxylation is 2. The second kappa shape index (κ2) is 8.27. The van der Waals surface area contributed by atoms with Crippen LogP contribution in [-0.2, 0) is 17.6 Å². The van der Waals surface area contributed by atoms with Gasteiger partial charge in [-0.2, -0.15) is 4.98 Å². The average molecular weight is 324 g/mol. The van der Waals surface area contributed by atoms with Crippen LogP contribution in [0.2, 0.25) is 0 Å². The predicted molar refractivity (Wildman–Crippen MR) is 85.9 cm³/mol. The zero-order chi connectivity index (χ0) is 14.5. The lowest BCUT2D eigenvalue weighted by atomic mass is 9.92. The van der Waals surface area contributed by atoms with E-state index in [-0.39, 0.29) is 18.4 Å². The first-order valence-electron chi connectivity index (χ1n) is 7.52. The van der Waals surface area contributed by atoms with Crippen molar-refractivity contribution in [2.75, 3.05) is 13.2 Å². The van der Waals surface area contributed by atoms with Crippen LogP contribution >= 0.6 is 12.4 Å². The van der Waals surface area contributed by atoms with Crippen molar-refractivity contribution < 1.29 is 9.26 Å². The Balaban J connectivity index is 0.00000176. The molecule has 1 aliphatic rings. The van der Waals surface area contributed by atoms with Gasteiger partial charge in [-0.25, -0.2) is 0 Å². The van der Waals surface area contributed by atoms with E-state index in [0.717, 1.165) is 44.7 Å². The highest BCUT2D eigenvalue weighted by atomic mass is 35.5. The minimum Gasteiger partial charge on any atom is -0.381 e. The lowest BCUT2D eigenvalue weighted by Gasteiger charge is -2.25. The van der Waals surface area contributed by atoms with Crippen LogP contribution in [-0.4, -0.2) is 23.4 Å². The number of aromatic nitrogens is 2. The van der Waals surface area contributed by atoms with Gasteiger partial charge in [-0.3, -0.25) is 0 Å². The third-order valence-corrected chi connectivity index (χ3v) is 4.02. The molecule has 3 rings (SSSR count). The molecule has 120 valence electrons. The van der Waals surface area contributed by atoms with Crippen molar-refractivity contribution in [3.8, 4) is 0 Å². The summed E-state index contributed by atoms with van der Waals surface area (Å²) < 4.78 is 10.7. The number of hydrogen-bond acceptors (Lipinski definition) is 5. The molecule has 1 aromatic heterocycles. The maximum absolute atomic E-state index is 6.24. The molecule has 2 aromatic rings. The van der Waals surface area contributed by atoms with Gasteiger partial charge in [0.1, 0.15) is 0 Å². The first-order chi connectivity index (χ1) is 10.3. The van der Waals surface area contributed by atoms with E-state index in [1.54, 1.807) is 0 Å². The van der Waals surface area contributed by atoms with E-state index in [4.69, 9.17) is 15.0 Å². The predicted octanol–water partition coefficient (Wildman–Crippen LogP) is 2.70. The van der Waals surface area contributed by atoms with E-state index in [1.165, 1.54) is 5.56 Å². The van der Waals surface area contributed by atoms with Crippen LogP contribution in [0.15, 0.2) is 34.9 Å². The van der Waals surface area contributed by atoms with Crippen molar-refractivity contribution in [3.05, 3.63) is 47.6 Å². The molecule has 2 heterocycles. The molecule has 2 N–H and O–H groups in total. The summed E-state index contributed by atoms with van der Waals surface area (Å²) in [5.41, 5.74) is 7.51. The molecule has 5 nitrogen and oxygen atoms in total. The monoisotopic (exact) mass is 323 g/mol. The van der Waals surface area contributed by atoms with E-state index in [2.05, 4.69) is 22.3 Å². The molecule has 0 radical (unpaired) electrons. The maximum Gasteiger partial charge on any atom is 0.243 e. The lowest BCUT2D eigenvalue weighted by molar-refractivity contribution is 0.0546. The van der Waals surface area contributed by atoms with Crippen LogP contribution in [0.5, 0.6) is 0 Å². The van der Waals surface area contributed by atoms with Crippen LogP contribution in [0, 0.1) is 5.92 Å². The van der Waals surface area contributed by atoms with Crippen molar-refractivity contribution in [1.82, 2.24) is 10.1 Å². The molecule has 6 heteroatoms. The Labute approximate surface area is 136 Å². The average Bonchev–Trinajstić information content (AvgIpc) is 3.03. The lowest BCUT2D eigenvalue weighted by Crippen LogP contribution is -2.27. The van der Waals surface area contributed by atoms with Crippen LogP contribution in [0.1, 0.15) is 36.2 Å². The zero-order valence-electron chi connectivity index (χ0n) is 12.5. The van der Waals surface area contributed by atoms with Crippen molar-refractivity contribution in [1.29, 1.82) is 0 Å². The molecule has 0 saturated carbocycles. The molecule has 22 heavy (non-hydrogen) atoms. The Bertz CT molecular complexity index is 556. The molecule has 1 unspecified atom stereocenters. The molecular weight excluding hydrogens is 302 g/mol. The van der Waals surface area contributed by atoms with Crippen LogP contribution < -0.4 is 5.73 Å². The fourth-order valence-corrected chi connectivity index (χ4v) is 2.68. The quantitative estimate of drug-likeness (QED) is 0.915. The molecule has 1 atom stereocenters. The molecule has 1 fully saturated rings. The van der Waals surface area contributed by atoms with Crippen LogP contribution in [0.4, 0.5) is 0 Å². The van der Waals surface area contributed by atoms with Gasteiger partial charge in [-0.05, 0) is 30.7 Å². The fourth-order valence-electron chi connectivity index (χ4n) is 2.68. The van der Waals surface area contributed by atoms with Gasteiger partial charge in [0.05, 0.1) is 6.04 Å². The molecule has 1 saturated heterocycles. The van der Waals surface area contributed by atoms with Crippen molar-refractivity contribution in [2.45, 2.75) is 31.7 Å². The summed E-state index contributed by atoms with van der Waals surface area (Å²) in [5.74, 6) is 1.67. The summed E-state index contributed by atoms with van der Waals surface area (Å²) >= 11 is 0. The molecule has 1 aromatic carbocycles. The minimum absolute atomic E-state index is 0.